The maximum atomic E-state index is 11.4. The summed E-state index contributed by atoms with van der Waals surface area (Å²) in [4.78, 5) is 11.4. The van der Waals surface area contributed by atoms with Crippen LogP contribution in [0.1, 0.15) is 27.2 Å². The summed E-state index contributed by atoms with van der Waals surface area (Å²) in [6.07, 6.45) is 0.155. The minimum Gasteiger partial charge on any atom is -0.394 e. The molecule has 0 atom stereocenters. The quantitative estimate of drug-likeness (QED) is 0.460. The second kappa shape index (κ2) is 4.72. The number of nitrogens with two attached hydrogens (primary N) is 1. The molecule has 0 saturated heterocycles. The van der Waals surface area contributed by atoms with Crippen molar-refractivity contribution in [1.82, 2.24) is 5.32 Å². The minimum atomic E-state index is -0.970. The molecule has 0 aliphatic heterocycles. The zero-order chi connectivity index (χ0) is 11.4. The van der Waals surface area contributed by atoms with Gasteiger partial charge in [0, 0.05) is 12.0 Å². The first-order chi connectivity index (χ1) is 6.22. The van der Waals surface area contributed by atoms with Gasteiger partial charge in [0.05, 0.1) is 18.8 Å². The van der Waals surface area contributed by atoms with Gasteiger partial charge in [-0.1, -0.05) is 0 Å². The van der Waals surface area contributed by atoms with Crippen molar-refractivity contribution in [1.29, 1.82) is 0 Å². The average molecular weight is 204 g/mol. The SMILES string of the molecule is CC(C)(N)CC(=O)NC(C)(CO)CO. The highest BCUT2D eigenvalue weighted by Crippen LogP contribution is 2.06. The second-order valence-electron chi connectivity index (χ2n) is 4.59. The normalized spacial score (nSPS) is 12.7. The van der Waals surface area contributed by atoms with Crippen LogP contribution in [0.25, 0.3) is 0 Å². The van der Waals surface area contributed by atoms with Crippen molar-refractivity contribution in [3.05, 3.63) is 0 Å². The van der Waals surface area contributed by atoms with Gasteiger partial charge in [0.2, 0.25) is 5.91 Å². The summed E-state index contributed by atoms with van der Waals surface area (Å²) in [5, 5.41) is 20.4. The van der Waals surface area contributed by atoms with Crippen molar-refractivity contribution in [3.8, 4) is 0 Å². The van der Waals surface area contributed by atoms with E-state index in [0.717, 1.165) is 0 Å². The van der Waals surface area contributed by atoms with E-state index in [4.69, 9.17) is 15.9 Å². The Morgan fingerprint density at radius 1 is 1.29 bits per heavy atom. The maximum absolute atomic E-state index is 11.4. The molecule has 0 rings (SSSR count). The molecule has 5 nitrogen and oxygen atoms in total. The fraction of sp³-hybridized carbons (Fsp3) is 0.889. The third-order valence-electron chi connectivity index (χ3n) is 1.76. The molecule has 0 aromatic carbocycles. The van der Waals surface area contributed by atoms with Crippen molar-refractivity contribution >= 4 is 5.91 Å². The first-order valence-corrected chi connectivity index (χ1v) is 4.54. The molecule has 84 valence electrons. The summed E-state index contributed by atoms with van der Waals surface area (Å²) in [7, 11) is 0. The molecule has 0 radical (unpaired) electrons. The van der Waals surface area contributed by atoms with E-state index in [2.05, 4.69) is 5.32 Å². The number of rotatable bonds is 5. The summed E-state index contributed by atoms with van der Waals surface area (Å²) in [6.45, 7) is 4.43. The van der Waals surface area contributed by atoms with Gasteiger partial charge in [-0.3, -0.25) is 4.79 Å². The zero-order valence-electron chi connectivity index (χ0n) is 9.00. The summed E-state index contributed by atoms with van der Waals surface area (Å²) in [5.74, 6) is -0.275. The Bertz CT molecular complexity index is 195. The van der Waals surface area contributed by atoms with E-state index >= 15 is 0 Å². The molecule has 0 spiro atoms. The van der Waals surface area contributed by atoms with E-state index in [1.54, 1.807) is 20.8 Å². The van der Waals surface area contributed by atoms with E-state index in [1.165, 1.54) is 0 Å². The molecule has 0 aliphatic rings. The summed E-state index contributed by atoms with van der Waals surface area (Å²) in [5.41, 5.74) is 4.09. The summed E-state index contributed by atoms with van der Waals surface area (Å²) >= 11 is 0. The fourth-order valence-electron chi connectivity index (χ4n) is 0.924. The van der Waals surface area contributed by atoms with Crippen LogP contribution in [0.5, 0.6) is 0 Å². The molecule has 0 heterocycles. The van der Waals surface area contributed by atoms with E-state index in [9.17, 15) is 4.79 Å². The second-order valence-corrected chi connectivity index (χ2v) is 4.59. The third kappa shape index (κ3) is 5.16. The number of aliphatic hydroxyl groups excluding tert-OH is 2. The van der Waals surface area contributed by atoms with E-state index in [1.807, 2.05) is 0 Å². The van der Waals surface area contributed by atoms with Crippen LogP contribution in [0, 0.1) is 0 Å². The van der Waals surface area contributed by atoms with E-state index in [-0.39, 0.29) is 25.5 Å². The van der Waals surface area contributed by atoms with Crippen LogP contribution in [0.3, 0.4) is 0 Å². The first-order valence-electron chi connectivity index (χ1n) is 4.54. The Kier molecular flexibility index (Phi) is 4.51. The number of carbonyl (C=O) groups is 1. The monoisotopic (exact) mass is 204 g/mol. The molecule has 14 heavy (non-hydrogen) atoms. The van der Waals surface area contributed by atoms with Gasteiger partial charge in [0.1, 0.15) is 0 Å². The van der Waals surface area contributed by atoms with Crippen molar-refractivity contribution in [2.45, 2.75) is 38.3 Å². The fourth-order valence-corrected chi connectivity index (χ4v) is 0.924. The topological polar surface area (TPSA) is 95.6 Å². The standard InChI is InChI=1S/C9H20N2O3/c1-8(2,10)4-7(14)11-9(3,5-12)6-13/h12-13H,4-6,10H2,1-3H3,(H,11,14). The van der Waals surface area contributed by atoms with Gasteiger partial charge < -0.3 is 21.3 Å². The maximum Gasteiger partial charge on any atom is 0.222 e. The predicted molar refractivity (Wildman–Crippen MR) is 53.6 cm³/mol. The van der Waals surface area contributed by atoms with Crippen molar-refractivity contribution < 1.29 is 15.0 Å². The van der Waals surface area contributed by atoms with Crippen LogP contribution in [0.15, 0.2) is 0 Å². The van der Waals surface area contributed by atoms with Crippen molar-refractivity contribution in [3.63, 3.8) is 0 Å². The highest BCUT2D eigenvalue weighted by molar-refractivity contribution is 5.77. The molecule has 0 aromatic rings. The molecule has 5 N–H and O–H groups in total. The molecule has 0 unspecified atom stereocenters. The van der Waals surface area contributed by atoms with Crippen LogP contribution < -0.4 is 11.1 Å². The number of nitrogens with one attached hydrogen (secondary N) is 1. The third-order valence-corrected chi connectivity index (χ3v) is 1.76. The Hall–Kier alpha value is -0.650. The lowest BCUT2D eigenvalue weighted by molar-refractivity contribution is -0.125. The van der Waals surface area contributed by atoms with Gasteiger partial charge in [0.15, 0.2) is 0 Å². The molecular weight excluding hydrogens is 184 g/mol. The van der Waals surface area contributed by atoms with Crippen LogP contribution in [-0.4, -0.2) is 40.4 Å². The Balaban J connectivity index is 4.18. The molecule has 0 aromatic heterocycles. The minimum absolute atomic E-state index is 0.155. The number of aliphatic hydroxyl groups is 2. The number of carbonyl (C=O) groups excluding carboxylic acids is 1. The van der Waals surface area contributed by atoms with Crippen molar-refractivity contribution in [2.24, 2.45) is 5.73 Å². The van der Waals surface area contributed by atoms with Crippen LogP contribution in [0.4, 0.5) is 0 Å². The van der Waals surface area contributed by atoms with Gasteiger partial charge in [0.25, 0.3) is 0 Å². The van der Waals surface area contributed by atoms with Crippen LogP contribution >= 0.6 is 0 Å². The molecule has 0 saturated carbocycles. The number of hydrogen-bond acceptors (Lipinski definition) is 4. The van der Waals surface area contributed by atoms with Crippen LogP contribution in [-0.2, 0) is 4.79 Å². The highest BCUT2D eigenvalue weighted by Gasteiger charge is 2.26. The van der Waals surface area contributed by atoms with Crippen LogP contribution in [0.2, 0.25) is 0 Å². The average Bonchev–Trinajstić information content (AvgIpc) is 2.00. The lowest BCUT2D eigenvalue weighted by Gasteiger charge is -2.28. The Labute approximate surface area is 84.3 Å². The smallest absolute Gasteiger partial charge is 0.222 e. The van der Waals surface area contributed by atoms with Gasteiger partial charge >= 0.3 is 0 Å². The molecule has 0 fully saturated rings. The van der Waals surface area contributed by atoms with Gasteiger partial charge in [-0.25, -0.2) is 0 Å². The molecular formula is C9H20N2O3. The molecule has 5 heteroatoms. The van der Waals surface area contributed by atoms with Gasteiger partial charge in [-0.2, -0.15) is 0 Å². The molecule has 1 amide bonds. The lowest BCUT2D eigenvalue weighted by atomic mass is 9.99. The Morgan fingerprint density at radius 3 is 2.00 bits per heavy atom. The zero-order valence-corrected chi connectivity index (χ0v) is 9.00. The predicted octanol–water partition coefficient (Wildman–Crippen LogP) is -1.03. The van der Waals surface area contributed by atoms with Gasteiger partial charge in [-0.15, -0.1) is 0 Å². The van der Waals surface area contributed by atoms with Crippen molar-refractivity contribution in [2.75, 3.05) is 13.2 Å². The molecule has 0 bridgehead atoms. The molecule has 0 aliphatic carbocycles. The lowest BCUT2D eigenvalue weighted by Crippen LogP contribution is -2.53. The van der Waals surface area contributed by atoms with E-state index < -0.39 is 11.1 Å². The Morgan fingerprint density at radius 2 is 1.71 bits per heavy atom. The number of amides is 1. The highest BCUT2D eigenvalue weighted by atomic mass is 16.3. The summed E-state index contributed by atoms with van der Waals surface area (Å²) < 4.78 is 0. The largest absolute Gasteiger partial charge is 0.394 e. The number of hydrogen-bond donors (Lipinski definition) is 4. The summed E-state index contributed by atoms with van der Waals surface area (Å²) in [6, 6.07) is 0. The van der Waals surface area contributed by atoms with E-state index in [0.29, 0.717) is 0 Å². The first kappa shape index (κ1) is 13.4. The van der Waals surface area contributed by atoms with Gasteiger partial charge in [-0.05, 0) is 20.8 Å².